The third-order valence-corrected chi connectivity index (χ3v) is 5.80. The Morgan fingerprint density at radius 3 is 2.96 bits per heavy atom. The summed E-state index contributed by atoms with van der Waals surface area (Å²) in [6.45, 7) is 4.03. The van der Waals surface area contributed by atoms with E-state index in [-0.39, 0.29) is 17.4 Å². The summed E-state index contributed by atoms with van der Waals surface area (Å²) in [5, 5.41) is 6.01. The monoisotopic (exact) mass is 378 g/mol. The summed E-state index contributed by atoms with van der Waals surface area (Å²) in [4.78, 5) is 30.8. The lowest BCUT2D eigenvalue weighted by atomic mass is 9.79. The number of aryl methyl sites for hydroxylation is 1. The number of urea groups is 1. The van der Waals surface area contributed by atoms with Gasteiger partial charge in [-0.05, 0) is 49.1 Å². The van der Waals surface area contributed by atoms with Crippen LogP contribution in [0.2, 0.25) is 0 Å². The molecule has 146 valence electrons. The number of nitrogens with one attached hydrogen (secondary N) is 2. The zero-order valence-corrected chi connectivity index (χ0v) is 16.2. The zero-order chi connectivity index (χ0) is 19.6. The van der Waals surface area contributed by atoms with Crippen LogP contribution in [0.15, 0.2) is 42.6 Å². The Morgan fingerprint density at radius 1 is 1.32 bits per heavy atom. The van der Waals surface area contributed by atoms with Gasteiger partial charge in [0.1, 0.15) is 0 Å². The van der Waals surface area contributed by atoms with Crippen molar-refractivity contribution < 1.29 is 9.59 Å². The van der Waals surface area contributed by atoms with Crippen LogP contribution in [0.25, 0.3) is 0 Å². The average molecular weight is 378 g/mol. The number of pyridine rings is 1. The molecule has 2 fully saturated rings. The van der Waals surface area contributed by atoms with Crippen molar-refractivity contribution in [2.75, 3.05) is 25.0 Å². The van der Waals surface area contributed by atoms with Crippen molar-refractivity contribution in [2.45, 2.75) is 32.6 Å². The molecule has 3 heterocycles. The Hall–Kier alpha value is -2.89. The van der Waals surface area contributed by atoms with Crippen LogP contribution in [0.1, 0.15) is 36.1 Å². The van der Waals surface area contributed by atoms with Gasteiger partial charge < -0.3 is 15.5 Å². The van der Waals surface area contributed by atoms with Crippen LogP contribution >= 0.6 is 0 Å². The van der Waals surface area contributed by atoms with E-state index in [1.54, 1.807) is 6.20 Å². The molecule has 1 spiro atoms. The van der Waals surface area contributed by atoms with Crippen molar-refractivity contribution in [1.29, 1.82) is 0 Å². The standard InChI is InChI=1S/C22H26N4O2/c1-16-6-7-17(11-18-5-2-3-9-23-18)12-19(16)25-21(28)26-10-4-8-22(15-26)13-20(27)24-14-22/h2-3,5-7,9,12H,4,8,10-11,13-15H2,1H3,(H,24,27)(H,25,28). The highest BCUT2D eigenvalue weighted by Crippen LogP contribution is 2.36. The first-order chi connectivity index (χ1) is 13.5. The van der Waals surface area contributed by atoms with Crippen molar-refractivity contribution in [3.63, 3.8) is 0 Å². The van der Waals surface area contributed by atoms with Gasteiger partial charge in [0, 0.05) is 55.5 Å². The summed E-state index contributed by atoms with van der Waals surface area (Å²) in [5.74, 6) is 0.0975. The number of rotatable bonds is 3. The van der Waals surface area contributed by atoms with E-state index in [1.165, 1.54) is 0 Å². The zero-order valence-electron chi connectivity index (χ0n) is 16.2. The fraction of sp³-hybridized carbons (Fsp3) is 0.409. The predicted octanol–water partition coefficient (Wildman–Crippen LogP) is 3.11. The van der Waals surface area contributed by atoms with Crippen LogP contribution < -0.4 is 10.6 Å². The molecule has 2 N–H and O–H groups in total. The fourth-order valence-corrected chi connectivity index (χ4v) is 4.24. The van der Waals surface area contributed by atoms with Gasteiger partial charge in [-0.1, -0.05) is 18.2 Å². The first-order valence-corrected chi connectivity index (χ1v) is 9.85. The van der Waals surface area contributed by atoms with Gasteiger partial charge in [0.25, 0.3) is 0 Å². The molecule has 28 heavy (non-hydrogen) atoms. The van der Waals surface area contributed by atoms with Crippen LogP contribution in [0.5, 0.6) is 0 Å². The Morgan fingerprint density at radius 2 is 2.21 bits per heavy atom. The van der Waals surface area contributed by atoms with E-state index in [0.29, 0.717) is 19.5 Å². The second kappa shape index (κ2) is 7.62. The largest absolute Gasteiger partial charge is 0.355 e. The van der Waals surface area contributed by atoms with Gasteiger partial charge in [0.2, 0.25) is 5.91 Å². The van der Waals surface area contributed by atoms with Gasteiger partial charge in [-0.25, -0.2) is 4.79 Å². The number of aromatic nitrogens is 1. The topological polar surface area (TPSA) is 74.3 Å². The highest BCUT2D eigenvalue weighted by atomic mass is 16.2. The number of likely N-dealkylation sites (tertiary alicyclic amines) is 1. The number of carbonyl (C=O) groups excluding carboxylic acids is 2. The lowest BCUT2D eigenvalue weighted by Gasteiger charge is -2.39. The van der Waals surface area contributed by atoms with Crippen LogP contribution in [-0.2, 0) is 11.2 Å². The summed E-state index contributed by atoms with van der Waals surface area (Å²) >= 11 is 0. The summed E-state index contributed by atoms with van der Waals surface area (Å²) in [6, 6.07) is 11.9. The normalized spacial score (nSPS) is 21.6. The molecule has 2 aliphatic heterocycles. The van der Waals surface area contributed by atoms with Gasteiger partial charge in [-0.2, -0.15) is 0 Å². The maximum Gasteiger partial charge on any atom is 0.321 e. The number of piperidine rings is 1. The second-order valence-corrected chi connectivity index (χ2v) is 8.06. The van der Waals surface area contributed by atoms with Crippen LogP contribution in [0.3, 0.4) is 0 Å². The van der Waals surface area contributed by atoms with Gasteiger partial charge in [-0.15, -0.1) is 0 Å². The molecule has 2 saturated heterocycles. The maximum absolute atomic E-state index is 12.9. The molecule has 1 atom stereocenters. The number of hydrogen-bond acceptors (Lipinski definition) is 3. The van der Waals surface area contributed by atoms with E-state index in [2.05, 4.69) is 21.7 Å². The van der Waals surface area contributed by atoms with Crippen molar-refractivity contribution in [3.05, 3.63) is 59.4 Å². The molecule has 0 saturated carbocycles. The van der Waals surface area contributed by atoms with E-state index in [0.717, 1.165) is 48.3 Å². The van der Waals surface area contributed by atoms with E-state index in [1.807, 2.05) is 42.2 Å². The van der Waals surface area contributed by atoms with E-state index >= 15 is 0 Å². The molecule has 3 amide bonds. The molecule has 0 radical (unpaired) electrons. The van der Waals surface area contributed by atoms with Gasteiger partial charge in [0.15, 0.2) is 0 Å². The predicted molar refractivity (Wildman–Crippen MR) is 108 cm³/mol. The molecule has 4 rings (SSSR count). The minimum atomic E-state index is -0.0947. The van der Waals surface area contributed by atoms with E-state index in [9.17, 15) is 9.59 Å². The van der Waals surface area contributed by atoms with Gasteiger partial charge in [0.05, 0.1) is 0 Å². The molecule has 0 bridgehead atoms. The minimum absolute atomic E-state index is 0.0866. The number of hydrogen-bond donors (Lipinski definition) is 2. The van der Waals surface area contributed by atoms with Crippen LogP contribution in [0, 0.1) is 12.3 Å². The third-order valence-electron chi connectivity index (χ3n) is 5.80. The molecular weight excluding hydrogens is 352 g/mol. The first kappa shape index (κ1) is 18.5. The number of nitrogens with zero attached hydrogens (tertiary/aromatic N) is 2. The molecule has 1 aromatic carbocycles. The van der Waals surface area contributed by atoms with Gasteiger partial charge >= 0.3 is 6.03 Å². The highest BCUT2D eigenvalue weighted by molar-refractivity contribution is 5.90. The molecule has 0 aliphatic carbocycles. The van der Waals surface area contributed by atoms with Crippen molar-refractivity contribution in [3.8, 4) is 0 Å². The average Bonchev–Trinajstić information content (AvgIpc) is 3.05. The lowest BCUT2D eigenvalue weighted by Crippen LogP contribution is -2.48. The van der Waals surface area contributed by atoms with Gasteiger partial charge in [-0.3, -0.25) is 9.78 Å². The molecule has 6 heteroatoms. The Bertz CT molecular complexity index is 883. The number of amides is 3. The van der Waals surface area contributed by atoms with E-state index in [4.69, 9.17) is 0 Å². The van der Waals surface area contributed by atoms with Crippen LogP contribution in [-0.4, -0.2) is 41.5 Å². The minimum Gasteiger partial charge on any atom is -0.355 e. The van der Waals surface area contributed by atoms with Crippen molar-refractivity contribution in [1.82, 2.24) is 15.2 Å². The molecular formula is C22H26N4O2. The second-order valence-electron chi connectivity index (χ2n) is 8.06. The van der Waals surface area contributed by atoms with E-state index < -0.39 is 0 Å². The maximum atomic E-state index is 12.9. The van der Waals surface area contributed by atoms with Crippen LogP contribution in [0.4, 0.5) is 10.5 Å². The quantitative estimate of drug-likeness (QED) is 0.862. The molecule has 6 nitrogen and oxygen atoms in total. The first-order valence-electron chi connectivity index (χ1n) is 9.85. The Labute approximate surface area is 165 Å². The number of benzene rings is 1. The molecule has 1 aromatic heterocycles. The highest BCUT2D eigenvalue weighted by Gasteiger charge is 2.42. The van der Waals surface area contributed by atoms with Crippen molar-refractivity contribution in [2.24, 2.45) is 5.41 Å². The lowest BCUT2D eigenvalue weighted by molar-refractivity contribution is -0.119. The fourth-order valence-electron chi connectivity index (χ4n) is 4.24. The summed E-state index contributed by atoms with van der Waals surface area (Å²) in [7, 11) is 0. The third kappa shape index (κ3) is 4.01. The van der Waals surface area contributed by atoms with Crippen molar-refractivity contribution >= 4 is 17.6 Å². The molecule has 1 unspecified atom stereocenters. The number of anilines is 1. The molecule has 2 aliphatic rings. The summed E-state index contributed by atoms with van der Waals surface area (Å²) in [6.07, 6.45) is 4.97. The molecule has 2 aromatic rings. The summed E-state index contributed by atoms with van der Waals surface area (Å²) < 4.78 is 0. The Balaban J connectivity index is 1.45. The Kier molecular flexibility index (Phi) is 5.03. The smallest absolute Gasteiger partial charge is 0.321 e. The summed E-state index contributed by atoms with van der Waals surface area (Å²) in [5.41, 5.74) is 3.88. The SMILES string of the molecule is Cc1ccc(Cc2ccccn2)cc1NC(=O)N1CCCC2(CNC(=O)C2)C1. The number of carbonyl (C=O) groups is 2.